The van der Waals surface area contributed by atoms with Crippen LogP contribution in [-0.2, 0) is 6.54 Å². The molecule has 88 valence electrons. The fourth-order valence-electron chi connectivity index (χ4n) is 2.14. The summed E-state index contributed by atoms with van der Waals surface area (Å²) in [5.74, 6) is 0.419. The number of nitrogens with zero attached hydrogens (tertiary/aromatic N) is 1. The minimum absolute atomic E-state index is 0.419. The topological polar surface area (TPSA) is 35.5 Å². The summed E-state index contributed by atoms with van der Waals surface area (Å²) in [5, 5.41) is 13.1. The van der Waals surface area contributed by atoms with Gasteiger partial charge in [-0.3, -0.25) is 4.90 Å². The van der Waals surface area contributed by atoms with Gasteiger partial charge in [-0.15, -0.1) is 0 Å². The van der Waals surface area contributed by atoms with Gasteiger partial charge >= 0.3 is 0 Å². The van der Waals surface area contributed by atoms with Gasteiger partial charge in [0.15, 0.2) is 0 Å². The smallest absolute Gasteiger partial charge is 0.120 e. The van der Waals surface area contributed by atoms with Crippen LogP contribution in [-0.4, -0.2) is 36.2 Å². The maximum absolute atomic E-state index is 9.73. The standard InChI is InChI=1S/C13H20N2O/c16-13-6-2-1-5-12(13)11-15-9-3-7-14-8-4-10-15/h1-2,5-6,14,16H,3-4,7-11H2. The molecule has 0 bridgehead atoms. The molecule has 0 aromatic heterocycles. The molecule has 1 aliphatic rings. The zero-order chi connectivity index (χ0) is 11.2. The molecule has 1 fully saturated rings. The number of phenols is 1. The summed E-state index contributed by atoms with van der Waals surface area (Å²) in [6.45, 7) is 5.31. The highest BCUT2D eigenvalue weighted by Gasteiger charge is 2.09. The van der Waals surface area contributed by atoms with Gasteiger partial charge in [0.2, 0.25) is 0 Å². The van der Waals surface area contributed by atoms with Crippen molar-refractivity contribution in [2.24, 2.45) is 0 Å². The molecule has 16 heavy (non-hydrogen) atoms. The van der Waals surface area contributed by atoms with E-state index in [0.29, 0.717) is 5.75 Å². The molecule has 3 heteroatoms. The van der Waals surface area contributed by atoms with Crippen molar-refractivity contribution in [3.05, 3.63) is 29.8 Å². The van der Waals surface area contributed by atoms with Crippen molar-refractivity contribution >= 4 is 0 Å². The van der Waals surface area contributed by atoms with Crippen LogP contribution >= 0.6 is 0 Å². The predicted octanol–water partition coefficient (Wildman–Crippen LogP) is 1.58. The van der Waals surface area contributed by atoms with E-state index in [9.17, 15) is 5.11 Å². The normalized spacial score (nSPS) is 19.0. The lowest BCUT2D eigenvalue weighted by Gasteiger charge is -2.25. The molecule has 2 rings (SSSR count). The molecular weight excluding hydrogens is 200 g/mol. The van der Waals surface area contributed by atoms with Gasteiger partial charge in [-0.05, 0) is 45.1 Å². The zero-order valence-corrected chi connectivity index (χ0v) is 9.65. The molecule has 1 aromatic rings. The van der Waals surface area contributed by atoms with Crippen molar-refractivity contribution in [3.63, 3.8) is 0 Å². The highest BCUT2D eigenvalue weighted by atomic mass is 16.3. The molecule has 0 aliphatic carbocycles. The van der Waals surface area contributed by atoms with Crippen molar-refractivity contribution in [1.29, 1.82) is 0 Å². The van der Waals surface area contributed by atoms with E-state index in [1.54, 1.807) is 6.07 Å². The van der Waals surface area contributed by atoms with Crippen LogP contribution < -0.4 is 5.32 Å². The number of para-hydroxylation sites is 1. The van der Waals surface area contributed by atoms with Gasteiger partial charge in [-0.2, -0.15) is 0 Å². The zero-order valence-electron chi connectivity index (χ0n) is 9.65. The molecule has 2 N–H and O–H groups in total. The first-order valence-electron chi connectivity index (χ1n) is 6.06. The number of aromatic hydroxyl groups is 1. The summed E-state index contributed by atoms with van der Waals surface area (Å²) in [6.07, 6.45) is 2.38. The summed E-state index contributed by atoms with van der Waals surface area (Å²) in [6, 6.07) is 7.63. The Labute approximate surface area is 97.1 Å². The van der Waals surface area contributed by atoms with Crippen molar-refractivity contribution in [2.75, 3.05) is 26.2 Å². The lowest BCUT2D eigenvalue weighted by atomic mass is 10.1. The number of benzene rings is 1. The fraction of sp³-hybridized carbons (Fsp3) is 0.538. The highest BCUT2D eigenvalue weighted by molar-refractivity contribution is 5.31. The SMILES string of the molecule is Oc1ccccc1CN1CCCNCCC1. The van der Waals surface area contributed by atoms with Crippen LogP contribution in [0.15, 0.2) is 24.3 Å². The third-order valence-electron chi connectivity index (χ3n) is 3.04. The monoisotopic (exact) mass is 220 g/mol. The number of hydrogen-bond acceptors (Lipinski definition) is 3. The van der Waals surface area contributed by atoms with E-state index in [4.69, 9.17) is 0 Å². The second-order valence-electron chi connectivity index (χ2n) is 4.36. The Kier molecular flexibility index (Phi) is 4.19. The first-order chi connectivity index (χ1) is 7.86. The summed E-state index contributed by atoms with van der Waals surface area (Å²) in [5.41, 5.74) is 1.04. The van der Waals surface area contributed by atoms with Crippen LogP contribution in [0.3, 0.4) is 0 Å². The predicted molar refractivity (Wildman–Crippen MR) is 65.5 cm³/mol. The molecule has 0 saturated carbocycles. The molecule has 1 aliphatic heterocycles. The van der Waals surface area contributed by atoms with E-state index >= 15 is 0 Å². The molecule has 0 atom stereocenters. The molecule has 3 nitrogen and oxygen atoms in total. The van der Waals surface area contributed by atoms with Gasteiger partial charge in [0, 0.05) is 12.1 Å². The Bertz CT molecular complexity index is 319. The minimum Gasteiger partial charge on any atom is -0.508 e. The van der Waals surface area contributed by atoms with Crippen LogP contribution in [0.25, 0.3) is 0 Å². The van der Waals surface area contributed by atoms with Crippen molar-refractivity contribution < 1.29 is 5.11 Å². The third-order valence-corrected chi connectivity index (χ3v) is 3.04. The Balaban J connectivity index is 1.94. The lowest BCUT2D eigenvalue weighted by Crippen LogP contribution is -2.33. The van der Waals surface area contributed by atoms with E-state index in [-0.39, 0.29) is 0 Å². The van der Waals surface area contributed by atoms with Gasteiger partial charge in [-0.25, -0.2) is 0 Å². The van der Waals surface area contributed by atoms with Crippen LogP contribution in [0.4, 0.5) is 0 Å². The first kappa shape index (κ1) is 11.4. The van der Waals surface area contributed by atoms with E-state index in [2.05, 4.69) is 10.2 Å². The number of rotatable bonds is 2. The van der Waals surface area contributed by atoms with E-state index in [1.807, 2.05) is 18.2 Å². The van der Waals surface area contributed by atoms with Crippen LogP contribution in [0, 0.1) is 0 Å². The van der Waals surface area contributed by atoms with Crippen molar-refractivity contribution in [1.82, 2.24) is 10.2 Å². The van der Waals surface area contributed by atoms with Crippen LogP contribution in [0.5, 0.6) is 5.75 Å². The molecule has 1 aromatic carbocycles. The molecular formula is C13H20N2O. The minimum atomic E-state index is 0.419. The van der Waals surface area contributed by atoms with Crippen molar-refractivity contribution in [3.8, 4) is 5.75 Å². The Morgan fingerprint density at radius 1 is 1.12 bits per heavy atom. The maximum Gasteiger partial charge on any atom is 0.120 e. The molecule has 0 spiro atoms. The molecule has 0 unspecified atom stereocenters. The van der Waals surface area contributed by atoms with E-state index in [0.717, 1.165) is 38.3 Å². The summed E-state index contributed by atoms with van der Waals surface area (Å²) in [7, 11) is 0. The summed E-state index contributed by atoms with van der Waals surface area (Å²) >= 11 is 0. The molecule has 1 heterocycles. The Hall–Kier alpha value is -1.06. The molecule has 0 radical (unpaired) electrons. The van der Waals surface area contributed by atoms with Gasteiger partial charge in [0.05, 0.1) is 0 Å². The Morgan fingerprint density at radius 2 is 1.81 bits per heavy atom. The third kappa shape index (κ3) is 3.22. The number of hydrogen-bond donors (Lipinski definition) is 2. The van der Waals surface area contributed by atoms with Gasteiger partial charge in [0.25, 0.3) is 0 Å². The fourth-order valence-corrected chi connectivity index (χ4v) is 2.14. The van der Waals surface area contributed by atoms with E-state index in [1.165, 1.54) is 12.8 Å². The quantitative estimate of drug-likeness (QED) is 0.794. The van der Waals surface area contributed by atoms with Crippen molar-refractivity contribution in [2.45, 2.75) is 19.4 Å². The number of phenolic OH excluding ortho intramolecular Hbond substituents is 1. The summed E-state index contributed by atoms with van der Waals surface area (Å²) < 4.78 is 0. The average molecular weight is 220 g/mol. The largest absolute Gasteiger partial charge is 0.508 e. The maximum atomic E-state index is 9.73. The molecule has 0 amide bonds. The lowest BCUT2D eigenvalue weighted by molar-refractivity contribution is 0.242. The second-order valence-corrected chi connectivity index (χ2v) is 4.36. The number of nitrogens with one attached hydrogen (secondary N) is 1. The van der Waals surface area contributed by atoms with Crippen LogP contribution in [0.1, 0.15) is 18.4 Å². The van der Waals surface area contributed by atoms with Gasteiger partial charge in [-0.1, -0.05) is 18.2 Å². The van der Waals surface area contributed by atoms with Gasteiger partial charge < -0.3 is 10.4 Å². The highest BCUT2D eigenvalue weighted by Crippen LogP contribution is 2.18. The first-order valence-corrected chi connectivity index (χ1v) is 6.06. The summed E-state index contributed by atoms with van der Waals surface area (Å²) in [4.78, 5) is 2.43. The average Bonchev–Trinajstić information content (AvgIpc) is 2.24. The molecule has 1 saturated heterocycles. The second kappa shape index (κ2) is 5.87. The van der Waals surface area contributed by atoms with E-state index < -0.39 is 0 Å². The Morgan fingerprint density at radius 3 is 2.50 bits per heavy atom. The van der Waals surface area contributed by atoms with Gasteiger partial charge in [0.1, 0.15) is 5.75 Å². The van der Waals surface area contributed by atoms with Crippen LogP contribution in [0.2, 0.25) is 0 Å².